The van der Waals surface area contributed by atoms with Crippen molar-refractivity contribution in [2.45, 2.75) is 19.9 Å². The summed E-state index contributed by atoms with van der Waals surface area (Å²) in [5, 5.41) is 10.1. The van der Waals surface area contributed by atoms with Crippen molar-refractivity contribution in [3.05, 3.63) is 44.6 Å². The summed E-state index contributed by atoms with van der Waals surface area (Å²) in [6, 6.07) is 7.75. The third-order valence-electron chi connectivity index (χ3n) is 3.23. The second-order valence-corrected chi connectivity index (χ2v) is 6.28. The molecule has 0 amide bonds. The Morgan fingerprint density at radius 3 is 2.95 bits per heavy atom. The molecule has 0 radical (unpaired) electrons. The fourth-order valence-corrected chi connectivity index (χ4v) is 3.43. The van der Waals surface area contributed by atoms with Crippen molar-refractivity contribution in [2.75, 3.05) is 0 Å². The average Bonchev–Trinajstić information content (AvgIpc) is 3.00. The molecule has 4 nitrogen and oxygen atoms in total. The third kappa shape index (κ3) is 2.05. The number of nitriles is 1. The molecule has 0 bridgehead atoms. The van der Waals surface area contributed by atoms with E-state index in [0.717, 1.165) is 16.0 Å². The molecule has 0 saturated carbocycles. The summed E-state index contributed by atoms with van der Waals surface area (Å²) in [4.78, 5) is 8.79. The van der Waals surface area contributed by atoms with Gasteiger partial charge in [0.15, 0.2) is 4.77 Å². The summed E-state index contributed by atoms with van der Waals surface area (Å²) in [6.45, 7) is 4.11. The molecule has 2 aromatic heterocycles. The molecule has 0 aliphatic heterocycles. The summed E-state index contributed by atoms with van der Waals surface area (Å²) < 4.78 is 2.67. The number of thiazole rings is 1. The van der Waals surface area contributed by atoms with E-state index in [4.69, 9.17) is 17.5 Å². The smallest absolute Gasteiger partial charge is 0.178 e. The molecule has 0 spiro atoms. The highest BCUT2D eigenvalue weighted by Crippen LogP contribution is 2.27. The summed E-state index contributed by atoms with van der Waals surface area (Å²) in [5.41, 5.74) is 2.51. The minimum Gasteiger partial charge on any atom is -0.331 e. The summed E-state index contributed by atoms with van der Waals surface area (Å²) in [5.74, 6) is 0. The van der Waals surface area contributed by atoms with Gasteiger partial charge < -0.3 is 9.55 Å². The average molecular weight is 300 g/mol. The van der Waals surface area contributed by atoms with Crippen LogP contribution in [0.4, 0.5) is 0 Å². The fourth-order valence-electron chi connectivity index (χ4n) is 2.25. The summed E-state index contributed by atoms with van der Waals surface area (Å²) >= 11 is 7.08. The lowest BCUT2D eigenvalue weighted by molar-refractivity contribution is 0.644. The Morgan fingerprint density at radius 2 is 2.30 bits per heavy atom. The van der Waals surface area contributed by atoms with E-state index in [1.165, 1.54) is 4.88 Å². The van der Waals surface area contributed by atoms with Crippen LogP contribution in [0.2, 0.25) is 0 Å². The topological polar surface area (TPSA) is 57.4 Å². The van der Waals surface area contributed by atoms with Crippen LogP contribution < -0.4 is 0 Å². The molecule has 2 heterocycles. The van der Waals surface area contributed by atoms with E-state index >= 15 is 0 Å². The highest BCUT2D eigenvalue weighted by molar-refractivity contribution is 7.71. The third-order valence-corrected chi connectivity index (χ3v) is 4.61. The zero-order chi connectivity index (χ0) is 14.3. The van der Waals surface area contributed by atoms with Gasteiger partial charge in [0, 0.05) is 11.1 Å². The van der Waals surface area contributed by atoms with Crippen molar-refractivity contribution >= 4 is 34.6 Å². The molecule has 6 heteroatoms. The maximum atomic E-state index is 9.05. The number of nitrogens with one attached hydrogen (secondary N) is 1. The first kappa shape index (κ1) is 13.0. The van der Waals surface area contributed by atoms with Gasteiger partial charge in [-0.1, -0.05) is 0 Å². The van der Waals surface area contributed by atoms with Crippen LogP contribution in [0.3, 0.4) is 0 Å². The van der Waals surface area contributed by atoms with Gasteiger partial charge in [-0.25, -0.2) is 4.98 Å². The Morgan fingerprint density at radius 1 is 1.50 bits per heavy atom. The maximum absolute atomic E-state index is 9.05. The predicted molar refractivity (Wildman–Crippen MR) is 82.5 cm³/mol. The van der Waals surface area contributed by atoms with Gasteiger partial charge in [-0.2, -0.15) is 5.26 Å². The fraction of sp³-hybridized carbons (Fsp3) is 0.214. The lowest BCUT2D eigenvalue weighted by Crippen LogP contribution is -2.06. The molecule has 3 rings (SSSR count). The monoisotopic (exact) mass is 300 g/mol. The second-order valence-electron chi connectivity index (χ2n) is 4.63. The number of hydrogen-bond donors (Lipinski definition) is 1. The quantitative estimate of drug-likeness (QED) is 0.729. The molecule has 20 heavy (non-hydrogen) atoms. The number of nitrogens with zero attached hydrogens (tertiary/aromatic N) is 3. The molecular formula is C14H12N4S2. The Kier molecular flexibility index (Phi) is 3.16. The second kappa shape index (κ2) is 4.85. The van der Waals surface area contributed by atoms with Crippen LogP contribution in [0.5, 0.6) is 0 Å². The number of aromatic nitrogens is 3. The number of hydrogen-bond acceptors (Lipinski definition) is 4. The Bertz CT molecular complexity index is 879. The van der Waals surface area contributed by atoms with Crippen LogP contribution in [0.15, 0.2) is 24.4 Å². The van der Waals surface area contributed by atoms with Gasteiger partial charge in [0.25, 0.3) is 0 Å². The zero-order valence-corrected chi connectivity index (χ0v) is 12.7. The SMILES string of the molecule is Cc1cnc(C(C)n2c(=S)[nH]c3ccc(C#N)cc32)s1. The van der Waals surface area contributed by atoms with E-state index in [9.17, 15) is 0 Å². The molecule has 1 aromatic carbocycles. The van der Waals surface area contributed by atoms with Crippen LogP contribution in [0.1, 0.15) is 28.4 Å². The summed E-state index contributed by atoms with van der Waals surface area (Å²) in [7, 11) is 0. The number of H-pyrrole nitrogens is 1. The number of imidazole rings is 1. The number of aromatic amines is 1. The first-order chi connectivity index (χ1) is 9.60. The molecule has 0 saturated heterocycles. The highest BCUT2D eigenvalue weighted by Gasteiger charge is 2.16. The van der Waals surface area contributed by atoms with Crippen molar-refractivity contribution in [1.82, 2.24) is 14.5 Å². The van der Waals surface area contributed by atoms with Gasteiger partial charge in [-0.05, 0) is 44.3 Å². The van der Waals surface area contributed by atoms with Crippen LogP contribution in [0, 0.1) is 23.0 Å². The lowest BCUT2D eigenvalue weighted by Gasteiger charge is -2.11. The van der Waals surface area contributed by atoms with Gasteiger partial charge in [0.1, 0.15) is 5.01 Å². The summed E-state index contributed by atoms with van der Waals surface area (Å²) in [6.07, 6.45) is 1.87. The number of benzene rings is 1. The van der Waals surface area contributed by atoms with E-state index in [2.05, 4.69) is 23.0 Å². The maximum Gasteiger partial charge on any atom is 0.178 e. The molecule has 1 unspecified atom stereocenters. The van der Waals surface area contributed by atoms with Gasteiger partial charge >= 0.3 is 0 Å². The van der Waals surface area contributed by atoms with Gasteiger partial charge in [0.05, 0.1) is 28.7 Å². The van der Waals surface area contributed by atoms with Crippen molar-refractivity contribution in [3.8, 4) is 6.07 Å². The minimum atomic E-state index is 0.0453. The van der Waals surface area contributed by atoms with Gasteiger partial charge in [-0.3, -0.25) is 0 Å². The van der Waals surface area contributed by atoms with Crippen molar-refractivity contribution < 1.29 is 0 Å². The molecule has 1 N–H and O–H groups in total. The molecule has 1 atom stereocenters. The van der Waals surface area contributed by atoms with Crippen molar-refractivity contribution in [3.63, 3.8) is 0 Å². The zero-order valence-electron chi connectivity index (χ0n) is 11.0. The van der Waals surface area contributed by atoms with Gasteiger partial charge in [0.2, 0.25) is 0 Å². The highest BCUT2D eigenvalue weighted by atomic mass is 32.1. The van der Waals surface area contributed by atoms with Crippen LogP contribution in [-0.2, 0) is 0 Å². The normalized spacial score (nSPS) is 12.4. The van der Waals surface area contributed by atoms with Crippen LogP contribution in [-0.4, -0.2) is 14.5 Å². The molecule has 0 aliphatic rings. The first-order valence-corrected chi connectivity index (χ1v) is 7.39. The van der Waals surface area contributed by atoms with E-state index in [1.54, 1.807) is 17.4 Å². The Labute approximate surface area is 125 Å². The lowest BCUT2D eigenvalue weighted by atomic mass is 10.2. The standard InChI is InChI=1S/C14H12N4S2/c1-8-7-16-13(20-8)9(2)18-12-5-10(6-15)3-4-11(12)17-14(18)19/h3-5,7,9H,1-2H3,(H,17,19). The molecule has 0 fully saturated rings. The number of aryl methyl sites for hydroxylation is 1. The molecule has 100 valence electrons. The number of fused-ring (bicyclic) bond motifs is 1. The van der Waals surface area contributed by atoms with Crippen molar-refractivity contribution in [2.24, 2.45) is 0 Å². The van der Waals surface area contributed by atoms with E-state index in [0.29, 0.717) is 10.3 Å². The van der Waals surface area contributed by atoms with E-state index in [-0.39, 0.29) is 6.04 Å². The van der Waals surface area contributed by atoms with Crippen molar-refractivity contribution in [1.29, 1.82) is 5.26 Å². The van der Waals surface area contributed by atoms with Gasteiger partial charge in [-0.15, -0.1) is 11.3 Å². The predicted octanol–water partition coefficient (Wildman–Crippen LogP) is 3.94. The first-order valence-electron chi connectivity index (χ1n) is 6.17. The largest absolute Gasteiger partial charge is 0.331 e. The minimum absolute atomic E-state index is 0.0453. The molecular weight excluding hydrogens is 288 g/mol. The molecule has 0 aliphatic carbocycles. The van der Waals surface area contributed by atoms with Crippen LogP contribution in [0.25, 0.3) is 11.0 Å². The van der Waals surface area contributed by atoms with E-state index in [1.807, 2.05) is 29.8 Å². The molecule has 3 aromatic rings. The Balaban J connectivity index is 2.22. The Hall–Kier alpha value is -1.97. The van der Waals surface area contributed by atoms with E-state index < -0.39 is 0 Å². The van der Waals surface area contributed by atoms with Crippen LogP contribution >= 0.6 is 23.6 Å². The number of rotatable bonds is 2.